The number of hydrogen-bond acceptors (Lipinski definition) is 3. The molecule has 1 aliphatic heterocycles. The standard InChI is InChI=1S/C46H29GeN3O/c1-4-16-30(17-5-1)45-48-43-35-23-10-13-25-37(35)47(31-18-6-2-7-19-31,32-20-8-3-9-21-32)42(43)46(49-45)50-38-26-14-11-24-36(38)41-39(50)29-28-34-33-22-12-15-27-40(33)51-44(34)41/h1-29H. The van der Waals surface area contributed by atoms with E-state index >= 15 is 0 Å². The van der Waals surface area contributed by atoms with Crippen molar-refractivity contribution < 1.29 is 4.42 Å². The molecule has 1 aliphatic rings. The normalized spacial score (nSPS) is 13.3. The second-order valence-corrected chi connectivity index (χ2v) is 21.0. The van der Waals surface area contributed by atoms with Gasteiger partial charge in [0.1, 0.15) is 0 Å². The number of nitrogens with zero attached hydrogens (tertiary/aromatic N) is 3. The monoisotopic (exact) mass is 713 g/mol. The quantitative estimate of drug-likeness (QED) is 0.172. The SMILES string of the molecule is c1ccc(-c2nc3[c](c(-n4c5ccccc5c5c6oc7ccccc7c6ccc54)n2)[Ge]([c]2ccccc2)([c]2ccccc2)[c]2ccccc2-3)cc1. The summed E-state index contributed by atoms with van der Waals surface area (Å²) in [7, 11) is 0. The van der Waals surface area contributed by atoms with E-state index in [4.69, 9.17) is 14.4 Å². The van der Waals surface area contributed by atoms with Crippen LogP contribution in [0.2, 0.25) is 0 Å². The van der Waals surface area contributed by atoms with E-state index < -0.39 is 13.3 Å². The fourth-order valence-electron chi connectivity index (χ4n) is 8.62. The van der Waals surface area contributed by atoms with Gasteiger partial charge in [0.05, 0.1) is 0 Å². The summed E-state index contributed by atoms with van der Waals surface area (Å²) in [6.45, 7) is 0. The van der Waals surface area contributed by atoms with E-state index in [1.54, 1.807) is 0 Å². The average Bonchev–Trinajstić information content (AvgIpc) is 3.85. The Bertz CT molecular complexity index is 2930. The molecule has 0 aliphatic carbocycles. The van der Waals surface area contributed by atoms with Crippen molar-refractivity contribution in [2.75, 3.05) is 0 Å². The van der Waals surface area contributed by atoms with Gasteiger partial charge in [-0.3, -0.25) is 0 Å². The van der Waals surface area contributed by atoms with Crippen LogP contribution in [0.15, 0.2) is 180 Å². The molecule has 238 valence electrons. The van der Waals surface area contributed by atoms with Gasteiger partial charge in [-0.15, -0.1) is 0 Å². The van der Waals surface area contributed by atoms with Gasteiger partial charge in [-0.1, -0.05) is 0 Å². The number of furan rings is 1. The molecule has 10 aromatic rings. The predicted octanol–water partition coefficient (Wildman–Crippen LogP) is 8.50. The molecule has 0 spiro atoms. The molecular formula is C46H29GeN3O. The van der Waals surface area contributed by atoms with Gasteiger partial charge in [0.15, 0.2) is 0 Å². The summed E-state index contributed by atoms with van der Waals surface area (Å²) in [4.78, 5) is 11.2. The number of hydrogen-bond donors (Lipinski definition) is 0. The predicted molar refractivity (Wildman–Crippen MR) is 212 cm³/mol. The van der Waals surface area contributed by atoms with Crippen LogP contribution in [0.3, 0.4) is 0 Å². The summed E-state index contributed by atoms with van der Waals surface area (Å²) < 4.78 is 14.4. The molecule has 0 atom stereocenters. The van der Waals surface area contributed by atoms with Gasteiger partial charge >= 0.3 is 298 Å². The number of benzene rings is 7. The maximum absolute atomic E-state index is 6.70. The second kappa shape index (κ2) is 10.9. The molecule has 0 fully saturated rings. The van der Waals surface area contributed by atoms with Gasteiger partial charge in [0.2, 0.25) is 0 Å². The molecule has 51 heavy (non-hydrogen) atoms. The van der Waals surface area contributed by atoms with Crippen LogP contribution in [0.4, 0.5) is 0 Å². The zero-order valence-corrected chi connectivity index (χ0v) is 29.6. The summed E-state index contributed by atoms with van der Waals surface area (Å²) in [5.74, 6) is 1.65. The zero-order chi connectivity index (χ0) is 33.5. The maximum atomic E-state index is 6.70. The van der Waals surface area contributed by atoms with Crippen molar-refractivity contribution >= 4 is 74.6 Å². The van der Waals surface area contributed by atoms with Crippen molar-refractivity contribution in [1.29, 1.82) is 0 Å². The van der Waals surface area contributed by atoms with E-state index in [0.717, 1.165) is 60.8 Å². The van der Waals surface area contributed by atoms with Gasteiger partial charge in [-0.2, -0.15) is 0 Å². The first-order chi connectivity index (χ1) is 25.3. The van der Waals surface area contributed by atoms with Gasteiger partial charge in [0.25, 0.3) is 0 Å². The van der Waals surface area contributed by atoms with Gasteiger partial charge in [0, 0.05) is 0 Å². The van der Waals surface area contributed by atoms with Crippen molar-refractivity contribution in [3.8, 4) is 28.5 Å². The van der Waals surface area contributed by atoms with Crippen molar-refractivity contribution in [3.05, 3.63) is 176 Å². The first kappa shape index (κ1) is 28.6. The minimum absolute atomic E-state index is 0.717. The fraction of sp³-hybridized carbons (Fsp3) is 0. The third-order valence-electron chi connectivity index (χ3n) is 10.7. The molecule has 4 nitrogen and oxygen atoms in total. The Morgan fingerprint density at radius 3 is 1.88 bits per heavy atom. The molecule has 0 N–H and O–H groups in total. The average molecular weight is 712 g/mol. The van der Waals surface area contributed by atoms with Crippen LogP contribution in [0, 0.1) is 0 Å². The third kappa shape index (κ3) is 3.91. The van der Waals surface area contributed by atoms with E-state index in [-0.39, 0.29) is 0 Å². The van der Waals surface area contributed by atoms with Crippen LogP contribution < -0.4 is 17.6 Å². The van der Waals surface area contributed by atoms with E-state index in [9.17, 15) is 0 Å². The van der Waals surface area contributed by atoms with Crippen molar-refractivity contribution in [2.45, 2.75) is 0 Å². The fourth-order valence-corrected chi connectivity index (χ4v) is 19.5. The van der Waals surface area contributed by atoms with E-state index in [1.165, 1.54) is 23.1 Å². The van der Waals surface area contributed by atoms with Crippen LogP contribution in [0.1, 0.15) is 0 Å². The Kier molecular flexibility index (Phi) is 6.10. The van der Waals surface area contributed by atoms with Crippen LogP contribution >= 0.6 is 0 Å². The Morgan fingerprint density at radius 1 is 0.490 bits per heavy atom. The summed E-state index contributed by atoms with van der Waals surface area (Å²) >= 11 is -3.77. The van der Waals surface area contributed by atoms with Gasteiger partial charge in [-0.25, -0.2) is 0 Å². The Balaban J connectivity index is 1.37. The molecule has 4 heterocycles. The number of rotatable bonds is 4. The molecule has 0 saturated heterocycles. The van der Waals surface area contributed by atoms with Crippen molar-refractivity contribution in [3.63, 3.8) is 0 Å². The summed E-state index contributed by atoms with van der Waals surface area (Å²) in [5.41, 5.74) is 7.16. The molecule has 3 aromatic heterocycles. The molecule has 0 bridgehead atoms. The first-order valence-electron chi connectivity index (χ1n) is 17.3. The van der Waals surface area contributed by atoms with E-state index in [1.807, 2.05) is 12.1 Å². The first-order valence-corrected chi connectivity index (χ1v) is 21.5. The minimum atomic E-state index is -3.77. The van der Waals surface area contributed by atoms with Crippen LogP contribution in [0.5, 0.6) is 0 Å². The zero-order valence-electron chi connectivity index (χ0n) is 27.5. The topological polar surface area (TPSA) is 43.9 Å². The summed E-state index contributed by atoms with van der Waals surface area (Å²) in [6.07, 6.45) is 0. The second-order valence-electron chi connectivity index (χ2n) is 13.3. The Hall–Kier alpha value is -6.24. The van der Waals surface area contributed by atoms with E-state index in [0.29, 0.717) is 5.82 Å². The number of para-hydroxylation sites is 2. The molecule has 0 radical (unpaired) electrons. The van der Waals surface area contributed by atoms with Gasteiger partial charge in [-0.05, 0) is 0 Å². The van der Waals surface area contributed by atoms with Crippen molar-refractivity contribution in [2.24, 2.45) is 0 Å². The van der Waals surface area contributed by atoms with Crippen molar-refractivity contribution in [1.82, 2.24) is 14.5 Å². The molecule has 11 rings (SSSR count). The number of fused-ring (bicyclic) bond motifs is 10. The number of aromatic nitrogens is 3. The molecule has 5 heteroatoms. The molecular weight excluding hydrogens is 683 g/mol. The Labute approximate surface area is 296 Å². The van der Waals surface area contributed by atoms with Gasteiger partial charge < -0.3 is 0 Å². The molecule has 0 amide bonds. The van der Waals surface area contributed by atoms with Crippen LogP contribution in [-0.2, 0) is 0 Å². The third-order valence-corrected chi connectivity index (χ3v) is 20.9. The van der Waals surface area contributed by atoms with Crippen LogP contribution in [-0.4, -0.2) is 27.8 Å². The molecule has 0 unspecified atom stereocenters. The summed E-state index contributed by atoms with van der Waals surface area (Å²) in [6, 6.07) is 63.2. The molecule has 7 aromatic carbocycles. The van der Waals surface area contributed by atoms with E-state index in [2.05, 4.69) is 168 Å². The Morgan fingerprint density at radius 2 is 1.12 bits per heavy atom. The molecule has 0 saturated carbocycles. The summed E-state index contributed by atoms with van der Waals surface area (Å²) in [5, 5.41) is 4.48. The van der Waals surface area contributed by atoms with Crippen LogP contribution in [0.25, 0.3) is 72.2 Å².